The third-order valence-electron chi connectivity index (χ3n) is 3.31. The first-order chi connectivity index (χ1) is 11.2. The van der Waals surface area contributed by atoms with Gasteiger partial charge in [-0.15, -0.1) is 0 Å². The van der Waals surface area contributed by atoms with Gasteiger partial charge in [0.1, 0.15) is 11.6 Å². The van der Waals surface area contributed by atoms with Crippen LogP contribution < -0.4 is 10.6 Å². The minimum absolute atomic E-state index is 0.189. The molecule has 0 aliphatic carbocycles. The van der Waals surface area contributed by atoms with Crippen LogP contribution in [0.2, 0.25) is 0 Å². The van der Waals surface area contributed by atoms with E-state index in [1.165, 1.54) is 0 Å². The molecule has 0 saturated heterocycles. The first kappa shape index (κ1) is 20.0. The van der Waals surface area contributed by atoms with Gasteiger partial charge < -0.3 is 15.4 Å². The van der Waals surface area contributed by atoms with Crippen molar-refractivity contribution < 1.29 is 14.3 Å². The van der Waals surface area contributed by atoms with Crippen LogP contribution in [0, 0.1) is 5.92 Å². The average Bonchev–Trinajstić information content (AvgIpc) is 2.45. The van der Waals surface area contributed by atoms with Crippen molar-refractivity contribution in [2.24, 2.45) is 5.92 Å². The van der Waals surface area contributed by atoms with E-state index in [-0.39, 0.29) is 5.91 Å². The van der Waals surface area contributed by atoms with E-state index in [2.05, 4.69) is 24.5 Å². The number of carbonyl (C=O) groups is 2. The van der Waals surface area contributed by atoms with Gasteiger partial charge in [0.25, 0.3) is 0 Å². The highest BCUT2D eigenvalue weighted by Crippen LogP contribution is 2.09. The Bertz CT molecular complexity index is 521. The third-order valence-corrected chi connectivity index (χ3v) is 3.31. The fraction of sp³-hybridized carbons (Fsp3) is 0.579. The van der Waals surface area contributed by atoms with Crippen molar-refractivity contribution in [1.29, 1.82) is 0 Å². The molecule has 2 amide bonds. The number of ether oxygens (including phenoxy) is 1. The van der Waals surface area contributed by atoms with Crippen molar-refractivity contribution in [2.45, 2.75) is 59.1 Å². The molecule has 1 aromatic carbocycles. The highest BCUT2D eigenvalue weighted by atomic mass is 16.6. The Morgan fingerprint density at radius 1 is 1.12 bits per heavy atom. The van der Waals surface area contributed by atoms with Crippen molar-refractivity contribution in [2.75, 3.05) is 6.54 Å². The van der Waals surface area contributed by atoms with Gasteiger partial charge in [-0.05, 0) is 38.7 Å². The molecule has 1 aromatic rings. The zero-order valence-electron chi connectivity index (χ0n) is 15.4. The number of hydrogen-bond acceptors (Lipinski definition) is 3. The standard InChI is InChI=1S/C19H30N2O3/c1-14(2)11-12-20-17(22)16(13-15-9-7-6-8-10-15)21-18(23)24-19(3,4)5/h6-10,14,16H,11-13H2,1-5H3,(H,20,22)(H,21,23)/t16-/m0/s1. The summed E-state index contributed by atoms with van der Waals surface area (Å²) in [6, 6.07) is 8.96. The second-order valence-electron chi connectivity index (χ2n) is 7.36. The van der Waals surface area contributed by atoms with E-state index in [0.29, 0.717) is 18.9 Å². The molecule has 0 aromatic heterocycles. The highest BCUT2D eigenvalue weighted by molar-refractivity contribution is 5.86. The van der Waals surface area contributed by atoms with Gasteiger partial charge in [-0.3, -0.25) is 4.79 Å². The Kier molecular flexibility index (Phi) is 7.75. The molecule has 0 heterocycles. The quantitative estimate of drug-likeness (QED) is 0.804. The minimum atomic E-state index is -0.658. The number of nitrogens with one attached hydrogen (secondary N) is 2. The SMILES string of the molecule is CC(C)CCNC(=O)[C@H](Cc1ccccc1)NC(=O)OC(C)(C)C. The van der Waals surface area contributed by atoms with E-state index in [1.807, 2.05) is 30.3 Å². The predicted octanol–water partition coefficient (Wildman–Crippen LogP) is 3.28. The largest absolute Gasteiger partial charge is 0.444 e. The molecule has 24 heavy (non-hydrogen) atoms. The van der Waals surface area contributed by atoms with Crippen LogP contribution in [0.4, 0.5) is 4.79 Å². The molecule has 0 aliphatic heterocycles. The molecule has 1 atom stereocenters. The van der Waals surface area contributed by atoms with E-state index in [4.69, 9.17) is 4.74 Å². The lowest BCUT2D eigenvalue weighted by atomic mass is 10.1. The van der Waals surface area contributed by atoms with Crippen LogP contribution in [0.5, 0.6) is 0 Å². The molecule has 0 saturated carbocycles. The Morgan fingerprint density at radius 3 is 2.29 bits per heavy atom. The Hall–Kier alpha value is -2.04. The summed E-state index contributed by atoms with van der Waals surface area (Å²) in [6.45, 7) is 10.2. The predicted molar refractivity (Wildman–Crippen MR) is 95.8 cm³/mol. The molecule has 134 valence electrons. The maximum absolute atomic E-state index is 12.4. The second kappa shape index (κ2) is 9.30. The highest BCUT2D eigenvalue weighted by Gasteiger charge is 2.24. The zero-order chi connectivity index (χ0) is 18.2. The molecule has 0 spiro atoms. The first-order valence-corrected chi connectivity index (χ1v) is 8.48. The molecule has 0 fully saturated rings. The number of benzene rings is 1. The summed E-state index contributed by atoms with van der Waals surface area (Å²) < 4.78 is 5.27. The van der Waals surface area contributed by atoms with E-state index >= 15 is 0 Å². The number of amides is 2. The number of alkyl carbamates (subject to hydrolysis) is 1. The van der Waals surface area contributed by atoms with Crippen molar-refractivity contribution in [3.8, 4) is 0 Å². The number of hydrogen-bond donors (Lipinski definition) is 2. The van der Waals surface area contributed by atoms with Crippen molar-refractivity contribution in [3.63, 3.8) is 0 Å². The minimum Gasteiger partial charge on any atom is -0.444 e. The molecular formula is C19H30N2O3. The smallest absolute Gasteiger partial charge is 0.408 e. The summed E-state index contributed by atoms with van der Waals surface area (Å²) in [4.78, 5) is 24.5. The molecule has 5 heteroatoms. The molecule has 1 rings (SSSR count). The normalized spacial score (nSPS) is 12.6. The Morgan fingerprint density at radius 2 is 1.75 bits per heavy atom. The van der Waals surface area contributed by atoms with Crippen LogP contribution >= 0.6 is 0 Å². The van der Waals surface area contributed by atoms with E-state index in [0.717, 1.165) is 12.0 Å². The van der Waals surface area contributed by atoms with Crippen molar-refractivity contribution in [3.05, 3.63) is 35.9 Å². The molecule has 0 radical (unpaired) electrons. The van der Waals surface area contributed by atoms with Gasteiger partial charge in [0.2, 0.25) is 5.91 Å². The number of rotatable bonds is 7. The summed E-state index contributed by atoms with van der Waals surface area (Å²) in [5.41, 5.74) is 0.382. The maximum atomic E-state index is 12.4. The Labute approximate surface area is 145 Å². The van der Waals surface area contributed by atoms with Crippen LogP contribution in [0.15, 0.2) is 30.3 Å². The van der Waals surface area contributed by atoms with Crippen LogP contribution in [0.25, 0.3) is 0 Å². The lowest BCUT2D eigenvalue weighted by Crippen LogP contribution is -2.49. The van der Waals surface area contributed by atoms with Gasteiger partial charge >= 0.3 is 6.09 Å². The van der Waals surface area contributed by atoms with E-state index in [9.17, 15) is 9.59 Å². The lowest BCUT2D eigenvalue weighted by Gasteiger charge is -2.23. The van der Waals surface area contributed by atoms with Crippen LogP contribution in [0.3, 0.4) is 0 Å². The lowest BCUT2D eigenvalue weighted by molar-refractivity contribution is -0.123. The third kappa shape index (κ3) is 8.56. The van der Waals surface area contributed by atoms with Crippen LogP contribution in [0.1, 0.15) is 46.6 Å². The van der Waals surface area contributed by atoms with Gasteiger partial charge in [-0.2, -0.15) is 0 Å². The summed E-state index contributed by atoms with van der Waals surface area (Å²) >= 11 is 0. The molecule has 0 unspecified atom stereocenters. The molecule has 2 N–H and O–H groups in total. The molecular weight excluding hydrogens is 304 g/mol. The molecule has 0 aliphatic rings. The number of carbonyl (C=O) groups excluding carboxylic acids is 2. The second-order valence-corrected chi connectivity index (χ2v) is 7.36. The molecule has 0 bridgehead atoms. The summed E-state index contributed by atoms with van der Waals surface area (Å²) in [5.74, 6) is 0.321. The van der Waals surface area contributed by atoms with Crippen molar-refractivity contribution >= 4 is 12.0 Å². The molecule has 5 nitrogen and oxygen atoms in total. The fourth-order valence-electron chi connectivity index (χ4n) is 2.12. The first-order valence-electron chi connectivity index (χ1n) is 8.48. The van der Waals surface area contributed by atoms with Gasteiger partial charge in [-0.1, -0.05) is 44.2 Å². The monoisotopic (exact) mass is 334 g/mol. The zero-order valence-corrected chi connectivity index (χ0v) is 15.4. The van der Waals surface area contributed by atoms with Gasteiger partial charge in [0.05, 0.1) is 0 Å². The van der Waals surface area contributed by atoms with Gasteiger partial charge in [0, 0.05) is 13.0 Å². The Balaban J connectivity index is 2.71. The summed E-state index contributed by atoms with van der Waals surface area (Å²) in [6.07, 6.45) is 0.742. The summed E-state index contributed by atoms with van der Waals surface area (Å²) in [5, 5.41) is 5.58. The van der Waals surface area contributed by atoms with E-state index < -0.39 is 17.7 Å². The topological polar surface area (TPSA) is 67.4 Å². The average molecular weight is 334 g/mol. The fourth-order valence-corrected chi connectivity index (χ4v) is 2.12. The van der Waals surface area contributed by atoms with Gasteiger partial charge in [0.15, 0.2) is 0 Å². The van der Waals surface area contributed by atoms with Crippen LogP contribution in [-0.2, 0) is 16.0 Å². The maximum Gasteiger partial charge on any atom is 0.408 e. The van der Waals surface area contributed by atoms with Crippen LogP contribution in [-0.4, -0.2) is 30.2 Å². The summed E-state index contributed by atoms with van der Waals surface area (Å²) in [7, 11) is 0. The van der Waals surface area contributed by atoms with Crippen molar-refractivity contribution in [1.82, 2.24) is 10.6 Å². The van der Waals surface area contributed by atoms with Gasteiger partial charge in [-0.25, -0.2) is 4.79 Å². The van der Waals surface area contributed by atoms with E-state index in [1.54, 1.807) is 20.8 Å².